The first-order chi connectivity index (χ1) is 8.21. The van der Waals surface area contributed by atoms with Gasteiger partial charge in [0.05, 0.1) is 7.11 Å². The van der Waals surface area contributed by atoms with Crippen LogP contribution in [0.3, 0.4) is 0 Å². The third-order valence-corrected chi connectivity index (χ3v) is 2.77. The summed E-state index contributed by atoms with van der Waals surface area (Å²) in [6.07, 6.45) is 2.27. The highest BCUT2D eigenvalue weighted by molar-refractivity contribution is 5.39. The van der Waals surface area contributed by atoms with Crippen molar-refractivity contribution in [3.63, 3.8) is 0 Å². The van der Waals surface area contributed by atoms with E-state index >= 15 is 0 Å². The van der Waals surface area contributed by atoms with Crippen LogP contribution in [0.1, 0.15) is 32.3 Å². The van der Waals surface area contributed by atoms with E-state index in [0.29, 0.717) is 11.5 Å². The second-order valence-corrected chi connectivity index (χ2v) is 4.27. The number of hydrogen-bond donors (Lipinski definition) is 1. The number of benzene rings is 1. The maximum atomic E-state index is 9.90. The molecule has 0 heterocycles. The zero-order chi connectivity index (χ0) is 12.7. The van der Waals surface area contributed by atoms with Gasteiger partial charge in [0.2, 0.25) is 0 Å². The number of aromatic hydroxyl groups is 1. The molecule has 0 saturated heterocycles. The Morgan fingerprint density at radius 2 is 1.82 bits per heavy atom. The summed E-state index contributed by atoms with van der Waals surface area (Å²) in [7, 11) is 1.61. The Labute approximate surface area is 104 Å². The first-order valence-corrected chi connectivity index (χ1v) is 6.29. The summed E-state index contributed by atoms with van der Waals surface area (Å²) >= 11 is 0. The van der Waals surface area contributed by atoms with Gasteiger partial charge in [-0.1, -0.05) is 19.9 Å². The van der Waals surface area contributed by atoms with Gasteiger partial charge in [-0.3, -0.25) is 4.90 Å². The van der Waals surface area contributed by atoms with Gasteiger partial charge >= 0.3 is 0 Å². The van der Waals surface area contributed by atoms with Crippen LogP contribution in [0.4, 0.5) is 0 Å². The van der Waals surface area contributed by atoms with Crippen molar-refractivity contribution in [3.05, 3.63) is 23.8 Å². The van der Waals surface area contributed by atoms with Crippen molar-refractivity contribution in [1.29, 1.82) is 0 Å². The molecular formula is C14H23NO2. The minimum Gasteiger partial charge on any atom is -0.507 e. The minimum atomic E-state index is 0.321. The molecule has 0 saturated carbocycles. The molecule has 0 aromatic heterocycles. The molecule has 0 aliphatic heterocycles. The summed E-state index contributed by atoms with van der Waals surface area (Å²) in [6.45, 7) is 7.29. The van der Waals surface area contributed by atoms with Gasteiger partial charge in [-0.15, -0.1) is 0 Å². The van der Waals surface area contributed by atoms with Crippen molar-refractivity contribution in [2.45, 2.75) is 33.2 Å². The van der Waals surface area contributed by atoms with Crippen LogP contribution in [0.5, 0.6) is 11.5 Å². The summed E-state index contributed by atoms with van der Waals surface area (Å²) < 4.78 is 5.08. The highest BCUT2D eigenvalue weighted by Gasteiger charge is 2.08. The molecule has 0 unspecified atom stereocenters. The SMILES string of the molecule is CCCN(CCC)Cc1ccc(OC)cc1O. The first-order valence-electron chi connectivity index (χ1n) is 6.29. The van der Waals surface area contributed by atoms with Crippen LogP contribution >= 0.6 is 0 Å². The van der Waals surface area contributed by atoms with E-state index in [1.807, 2.05) is 12.1 Å². The molecule has 0 aliphatic carbocycles. The predicted molar refractivity (Wildman–Crippen MR) is 70.5 cm³/mol. The average Bonchev–Trinajstić information content (AvgIpc) is 2.32. The van der Waals surface area contributed by atoms with Gasteiger partial charge < -0.3 is 9.84 Å². The summed E-state index contributed by atoms with van der Waals surface area (Å²) in [5.74, 6) is 1.02. The zero-order valence-corrected chi connectivity index (χ0v) is 11.1. The topological polar surface area (TPSA) is 32.7 Å². The van der Waals surface area contributed by atoms with Crippen molar-refractivity contribution in [2.75, 3.05) is 20.2 Å². The Morgan fingerprint density at radius 3 is 2.29 bits per heavy atom. The van der Waals surface area contributed by atoms with Gasteiger partial charge in [0.15, 0.2) is 0 Å². The fourth-order valence-electron chi connectivity index (χ4n) is 1.95. The predicted octanol–water partition coefficient (Wildman–Crippen LogP) is 3.02. The van der Waals surface area contributed by atoms with Crippen molar-refractivity contribution in [3.8, 4) is 11.5 Å². The molecule has 3 nitrogen and oxygen atoms in total. The fraction of sp³-hybridized carbons (Fsp3) is 0.571. The zero-order valence-electron chi connectivity index (χ0n) is 11.1. The van der Waals surface area contributed by atoms with E-state index in [0.717, 1.165) is 38.0 Å². The van der Waals surface area contributed by atoms with E-state index in [9.17, 15) is 5.11 Å². The summed E-state index contributed by atoms with van der Waals surface area (Å²) in [5, 5.41) is 9.90. The maximum Gasteiger partial charge on any atom is 0.123 e. The Hall–Kier alpha value is -1.22. The van der Waals surface area contributed by atoms with Gasteiger partial charge in [0.25, 0.3) is 0 Å². The molecule has 17 heavy (non-hydrogen) atoms. The lowest BCUT2D eigenvalue weighted by molar-refractivity contribution is 0.262. The van der Waals surface area contributed by atoms with Crippen LogP contribution in [-0.2, 0) is 6.54 Å². The molecule has 0 amide bonds. The first kappa shape index (κ1) is 13.8. The fourth-order valence-corrected chi connectivity index (χ4v) is 1.95. The highest BCUT2D eigenvalue weighted by atomic mass is 16.5. The lowest BCUT2D eigenvalue weighted by Crippen LogP contribution is -2.24. The Kier molecular flexibility index (Phi) is 5.84. The molecule has 0 atom stereocenters. The van der Waals surface area contributed by atoms with E-state index < -0.39 is 0 Å². The maximum absolute atomic E-state index is 9.90. The van der Waals surface area contributed by atoms with Crippen molar-refractivity contribution >= 4 is 0 Å². The molecule has 0 aliphatic rings. The number of rotatable bonds is 7. The van der Waals surface area contributed by atoms with E-state index in [1.54, 1.807) is 13.2 Å². The van der Waals surface area contributed by atoms with Crippen LogP contribution in [-0.4, -0.2) is 30.2 Å². The molecule has 0 bridgehead atoms. The van der Waals surface area contributed by atoms with Crippen molar-refractivity contribution in [1.82, 2.24) is 4.90 Å². The Morgan fingerprint density at radius 1 is 1.18 bits per heavy atom. The number of ether oxygens (including phenoxy) is 1. The lowest BCUT2D eigenvalue weighted by atomic mass is 10.1. The highest BCUT2D eigenvalue weighted by Crippen LogP contribution is 2.24. The monoisotopic (exact) mass is 237 g/mol. The molecule has 1 rings (SSSR count). The number of nitrogens with zero attached hydrogens (tertiary/aromatic N) is 1. The second kappa shape index (κ2) is 7.17. The molecule has 0 fully saturated rings. The number of phenols is 1. The summed E-state index contributed by atoms with van der Waals surface area (Å²) in [6, 6.07) is 5.50. The minimum absolute atomic E-state index is 0.321. The number of methoxy groups -OCH3 is 1. The second-order valence-electron chi connectivity index (χ2n) is 4.27. The summed E-state index contributed by atoms with van der Waals surface area (Å²) in [5.41, 5.74) is 0.965. The van der Waals surface area contributed by atoms with Crippen LogP contribution in [0, 0.1) is 0 Å². The summed E-state index contributed by atoms with van der Waals surface area (Å²) in [4.78, 5) is 2.36. The van der Waals surface area contributed by atoms with E-state index in [-0.39, 0.29) is 0 Å². The third kappa shape index (κ3) is 4.27. The van der Waals surface area contributed by atoms with Gasteiger partial charge in [-0.2, -0.15) is 0 Å². The largest absolute Gasteiger partial charge is 0.507 e. The molecule has 96 valence electrons. The van der Waals surface area contributed by atoms with Crippen LogP contribution in [0.2, 0.25) is 0 Å². The van der Waals surface area contributed by atoms with Crippen LogP contribution in [0.25, 0.3) is 0 Å². The molecule has 1 aromatic rings. The van der Waals surface area contributed by atoms with E-state index in [2.05, 4.69) is 18.7 Å². The van der Waals surface area contributed by atoms with Crippen LogP contribution < -0.4 is 4.74 Å². The van der Waals surface area contributed by atoms with Gasteiger partial charge in [0, 0.05) is 18.2 Å². The molecular weight excluding hydrogens is 214 g/mol. The van der Waals surface area contributed by atoms with E-state index in [4.69, 9.17) is 4.74 Å². The lowest BCUT2D eigenvalue weighted by Gasteiger charge is -2.21. The smallest absolute Gasteiger partial charge is 0.123 e. The van der Waals surface area contributed by atoms with Gasteiger partial charge in [-0.25, -0.2) is 0 Å². The van der Waals surface area contributed by atoms with Crippen molar-refractivity contribution in [2.24, 2.45) is 0 Å². The average molecular weight is 237 g/mol. The molecule has 1 N–H and O–H groups in total. The van der Waals surface area contributed by atoms with Crippen LogP contribution in [0.15, 0.2) is 18.2 Å². The number of hydrogen-bond acceptors (Lipinski definition) is 3. The van der Waals surface area contributed by atoms with E-state index in [1.165, 1.54) is 0 Å². The third-order valence-electron chi connectivity index (χ3n) is 2.77. The standard InChI is InChI=1S/C14H23NO2/c1-4-8-15(9-5-2)11-12-6-7-13(17-3)10-14(12)16/h6-7,10,16H,4-5,8-9,11H2,1-3H3. The molecule has 0 radical (unpaired) electrons. The molecule has 1 aromatic carbocycles. The van der Waals surface area contributed by atoms with Gasteiger partial charge in [0.1, 0.15) is 11.5 Å². The normalized spacial score (nSPS) is 10.8. The van der Waals surface area contributed by atoms with Gasteiger partial charge in [-0.05, 0) is 32.0 Å². The quantitative estimate of drug-likeness (QED) is 0.791. The van der Waals surface area contributed by atoms with Crippen molar-refractivity contribution < 1.29 is 9.84 Å². The number of phenolic OH excluding ortho intramolecular Hbond substituents is 1. The Bertz CT molecular complexity index is 333. The molecule has 3 heteroatoms. The molecule has 0 spiro atoms. The Balaban J connectivity index is 2.71.